The fourth-order valence-corrected chi connectivity index (χ4v) is 3.42. The maximum absolute atomic E-state index is 13.2. The van der Waals surface area contributed by atoms with Gasteiger partial charge in [0.1, 0.15) is 20.1 Å². The molecule has 0 saturated carbocycles. The highest BCUT2D eigenvalue weighted by Crippen LogP contribution is 2.36. The molecule has 2 amide bonds. The monoisotopic (exact) mass is 328 g/mol. The zero-order valence-corrected chi connectivity index (χ0v) is 13.7. The van der Waals surface area contributed by atoms with Crippen molar-refractivity contribution in [3.05, 3.63) is 65.4 Å². The summed E-state index contributed by atoms with van der Waals surface area (Å²) in [6.45, 7) is 0.645. The lowest BCUT2D eigenvalue weighted by molar-refractivity contribution is -0.938. The van der Waals surface area contributed by atoms with Gasteiger partial charge in [-0.2, -0.15) is 4.76 Å². The van der Waals surface area contributed by atoms with E-state index in [0.717, 1.165) is 0 Å². The van der Waals surface area contributed by atoms with Gasteiger partial charge in [0.15, 0.2) is 5.69 Å². The lowest BCUT2D eigenvalue weighted by atomic mass is 10.2. The summed E-state index contributed by atoms with van der Waals surface area (Å²) in [5.41, 5.74) is 1.83. The van der Waals surface area contributed by atoms with E-state index in [2.05, 4.69) is 5.32 Å². The second-order valence-electron chi connectivity index (χ2n) is 6.20. The average Bonchev–Trinajstić information content (AvgIpc) is 2.92. The van der Waals surface area contributed by atoms with Crippen molar-refractivity contribution in [1.82, 2.24) is 4.59 Å². The van der Waals surface area contributed by atoms with Crippen molar-refractivity contribution in [2.24, 2.45) is 0 Å². The lowest BCUT2D eigenvalue weighted by Crippen LogP contribution is -2.69. The summed E-state index contributed by atoms with van der Waals surface area (Å²) in [7, 11) is 1.54. The third-order valence-corrected chi connectivity index (χ3v) is 4.73. The molecule has 6 nitrogen and oxygen atoms in total. The Hall–Kier alpha value is -2.25. The van der Waals surface area contributed by atoms with Crippen LogP contribution in [0.5, 0.6) is 0 Å². The fraction of sp³-hybridized carbons (Fsp3) is 0.278. The van der Waals surface area contributed by atoms with Gasteiger partial charge in [0.05, 0.1) is 18.7 Å². The minimum atomic E-state index is -0.683. The third-order valence-electron chi connectivity index (χ3n) is 4.73. The maximum Gasteiger partial charge on any atom is 0.474 e. The van der Waals surface area contributed by atoms with Crippen LogP contribution in [0.4, 0.5) is 16.2 Å². The number of rotatable bonds is 3. The van der Waals surface area contributed by atoms with Gasteiger partial charge in [-0.1, -0.05) is 41.0 Å². The van der Waals surface area contributed by atoms with Crippen LogP contribution in [-0.2, 0) is 6.61 Å². The fourth-order valence-electron chi connectivity index (χ4n) is 3.42. The zero-order valence-electron chi connectivity index (χ0n) is 13.7. The van der Waals surface area contributed by atoms with Crippen LogP contribution in [0.2, 0.25) is 0 Å². The molecule has 2 aromatic carbocycles. The largest absolute Gasteiger partial charge is 0.581 e. The van der Waals surface area contributed by atoms with Gasteiger partial charge in [-0.15, -0.1) is 0 Å². The van der Waals surface area contributed by atoms with Gasteiger partial charge in [0, 0.05) is 17.7 Å². The number of aliphatic hydroxyl groups excluding tert-OH is 1. The number of aliphatic hydroxyl groups is 1. The Kier molecular flexibility index (Phi) is 4.38. The molecule has 1 fully saturated rings. The molecule has 0 spiro atoms. The number of nitrogens with zero attached hydrogens (tertiary/aromatic N) is 2. The zero-order chi connectivity index (χ0) is 17.2. The van der Waals surface area contributed by atoms with Gasteiger partial charge >= 0.3 is 6.03 Å². The lowest BCUT2D eigenvalue weighted by Gasteiger charge is -2.46. The summed E-state index contributed by atoms with van der Waals surface area (Å²) in [6.07, 6.45) is 0.671. The molecule has 0 aliphatic carbocycles. The summed E-state index contributed by atoms with van der Waals surface area (Å²) in [5.74, 6) is 0. The molecule has 1 saturated heterocycles. The number of quaternary nitrogens is 2. The van der Waals surface area contributed by atoms with Crippen LogP contribution in [-0.4, -0.2) is 36.0 Å². The van der Waals surface area contributed by atoms with Crippen molar-refractivity contribution in [3.8, 4) is 0 Å². The average molecular weight is 328 g/mol. The number of urea groups is 1. The van der Waals surface area contributed by atoms with E-state index >= 15 is 0 Å². The molecule has 1 heterocycles. The van der Waals surface area contributed by atoms with Crippen LogP contribution < -0.4 is 9.91 Å². The first-order valence-electron chi connectivity index (χ1n) is 8.02. The Morgan fingerprint density at radius 1 is 1.12 bits per heavy atom. The number of carbonyl (C=O) groups excluding carboxylic acids is 1. The Labute approximate surface area is 141 Å². The van der Waals surface area contributed by atoms with Crippen molar-refractivity contribution >= 4 is 17.4 Å². The first-order chi connectivity index (χ1) is 11.5. The highest BCUT2D eigenvalue weighted by molar-refractivity contribution is 5.97. The van der Waals surface area contributed by atoms with Crippen molar-refractivity contribution in [3.63, 3.8) is 0 Å². The van der Waals surface area contributed by atoms with Crippen LogP contribution in [0.15, 0.2) is 54.6 Å². The molecule has 1 aliphatic heterocycles. The maximum atomic E-state index is 13.2. The second kappa shape index (κ2) is 6.33. The number of para-hydroxylation sites is 2. The van der Waals surface area contributed by atoms with Crippen LogP contribution in [0.25, 0.3) is 0 Å². The predicted octanol–water partition coefficient (Wildman–Crippen LogP) is 2.98. The van der Waals surface area contributed by atoms with Crippen LogP contribution >= 0.6 is 0 Å². The molecule has 0 bridgehead atoms. The molecule has 6 heteroatoms. The minimum absolute atomic E-state index is 0.175. The van der Waals surface area contributed by atoms with Gasteiger partial charge in [-0.05, 0) is 6.07 Å². The van der Waals surface area contributed by atoms with Gasteiger partial charge in [0.2, 0.25) is 0 Å². The van der Waals surface area contributed by atoms with Crippen LogP contribution in [0.3, 0.4) is 0 Å². The molecular weight excluding hydrogens is 306 g/mol. The van der Waals surface area contributed by atoms with Crippen LogP contribution in [0, 0.1) is 5.21 Å². The molecule has 2 N–H and O–H groups in total. The van der Waals surface area contributed by atoms with Gasteiger partial charge in [0.25, 0.3) is 0 Å². The van der Waals surface area contributed by atoms with E-state index in [4.69, 9.17) is 0 Å². The molecule has 126 valence electrons. The normalized spacial score (nSPS) is 26.3. The summed E-state index contributed by atoms with van der Waals surface area (Å²) in [5, 5.41) is 25.5. The molecule has 2 atom stereocenters. The number of hydrogen-bond donors (Lipinski definition) is 2. The summed E-state index contributed by atoms with van der Waals surface area (Å²) >= 11 is 0. The summed E-state index contributed by atoms with van der Waals surface area (Å²) < 4.78 is -1.02. The molecule has 2 aromatic rings. The van der Waals surface area contributed by atoms with E-state index in [9.17, 15) is 15.1 Å². The smallest absolute Gasteiger partial charge is 0.474 e. The molecule has 0 radical (unpaired) electrons. The second-order valence-corrected chi connectivity index (χ2v) is 6.20. The Morgan fingerprint density at radius 3 is 2.42 bits per heavy atom. The highest BCUT2D eigenvalue weighted by atomic mass is 16.6. The number of hydroxylamine groups is 2. The number of carbonyl (C=O) groups is 1. The number of anilines is 1. The summed E-state index contributed by atoms with van der Waals surface area (Å²) in [4.78, 5) is 13.2. The van der Waals surface area contributed by atoms with Crippen molar-refractivity contribution in [2.45, 2.75) is 13.0 Å². The Morgan fingerprint density at radius 2 is 1.79 bits per heavy atom. The standard InChI is InChI=1S/C18H21N3O3/c1-20(24)12-7-13-21(20,16-9-3-2-4-10-16)18(23)19-17-11-6-5-8-15(17)14-22/h2-6,8-11,22H,7,12-14H2,1H3/p+1. The first kappa shape index (κ1) is 16.6. The van der Waals surface area contributed by atoms with E-state index in [1.165, 1.54) is 7.05 Å². The number of hydrogen-bond acceptors (Lipinski definition) is 3. The molecule has 0 aromatic heterocycles. The highest BCUT2D eigenvalue weighted by Gasteiger charge is 2.55. The molecular formula is C18H22N3O3+. The molecule has 24 heavy (non-hydrogen) atoms. The van der Waals surface area contributed by atoms with Crippen molar-refractivity contribution < 1.29 is 14.7 Å². The van der Waals surface area contributed by atoms with Crippen LogP contribution in [0.1, 0.15) is 12.0 Å². The predicted molar refractivity (Wildman–Crippen MR) is 93.5 cm³/mol. The molecule has 2 unspecified atom stereocenters. The number of benzene rings is 2. The quantitative estimate of drug-likeness (QED) is 0.672. The van der Waals surface area contributed by atoms with Gasteiger partial charge < -0.3 is 10.3 Å². The van der Waals surface area contributed by atoms with Gasteiger partial charge in [-0.25, -0.2) is 4.79 Å². The summed E-state index contributed by atoms with van der Waals surface area (Å²) in [6, 6.07) is 15.9. The number of amides is 2. The molecule has 1 aliphatic rings. The Bertz CT molecular complexity index is 733. The Balaban J connectivity index is 2.03. The van der Waals surface area contributed by atoms with E-state index < -0.39 is 4.76 Å². The van der Waals surface area contributed by atoms with Crippen molar-refractivity contribution in [2.75, 3.05) is 25.5 Å². The van der Waals surface area contributed by atoms with Crippen molar-refractivity contribution in [1.29, 1.82) is 0 Å². The van der Waals surface area contributed by atoms with E-state index in [0.29, 0.717) is 36.4 Å². The van der Waals surface area contributed by atoms with E-state index in [-0.39, 0.29) is 17.2 Å². The topological polar surface area (TPSA) is 72.4 Å². The number of nitrogens with one attached hydrogen (secondary N) is 1. The van der Waals surface area contributed by atoms with Gasteiger partial charge in [-0.3, -0.25) is 5.32 Å². The van der Waals surface area contributed by atoms with E-state index in [1.807, 2.05) is 30.3 Å². The minimum Gasteiger partial charge on any atom is -0.581 e. The molecule has 3 rings (SSSR count). The SMILES string of the molecule is C[N+]1([O-])CCC[N+]1(C(=O)Nc1ccccc1CO)c1ccccc1. The first-order valence-corrected chi connectivity index (χ1v) is 8.02. The third kappa shape index (κ3) is 2.59. The van der Waals surface area contributed by atoms with E-state index in [1.54, 1.807) is 24.3 Å².